The Bertz CT molecular complexity index is 384. The Morgan fingerprint density at radius 2 is 1.78 bits per heavy atom. The second kappa shape index (κ2) is 7.31. The van der Waals surface area contributed by atoms with Gasteiger partial charge in [0.2, 0.25) is 0 Å². The van der Waals surface area contributed by atoms with Crippen LogP contribution in [0, 0.1) is 5.92 Å². The van der Waals surface area contributed by atoms with Crippen LogP contribution in [-0.2, 0) is 0 Å². The van der Waals surface area contributed by atoms with E-state index in [4.69, 9.17) is 11.6 Å². The van der Waals surface area contributed by atoms with Crippen molar-refractivity contribution in [3.05, 3.63) is 32.7 Å². The van der Waals surface area contributed by atoms with Gasteiger partial charge >= 0.3 is 0 Å². The summed E-state index contributed by atoms with van der Waals surface area (Å²) in [6, 6.07) is 6.25. The van der Waals surface area contributed by atoms with Gasteiger partial charge in [-0.05, 0) is 36.1 Å². The molecule has 18 heavy (non-hydrogen) atoms. The van der Waals surface area contributed by atoms with Gasteiger partial charge < -0.3 is 0 Å². The van der Waals surface area contributed by atoms with E-state index in [0.717, 1.165) is 21.3 Å². The maximum Gasteiger partial charge on any atom is 0.0599 e. The largest absolute Gasteiger partial charge is 0.118 e. The van der Waals surface area contributed by atoms with Crippen molar-refractivity contribution in [3.8, 4) is 0 Å². The van der Waals surface area contributed by atoms with Gasteiger partial charge in [0.1, 0.15) is 0 Å². The van der Waals surface area contributed by atoms with Gasteiger partial charge in [0.15, 0.2) is 0 Å². The quantitative estimate of drug-likeness (QED) is 0.388. The summed E-state index contributed by atoms with van der Waals surface area (Å²) in [4.78, 5) is 0. The summed E-state index contributed by atoms with van der Waals surface area (Å²) in [6.07, 6.45) is 9.40. The first-order chi connectivity index (χ1) is 8.66. The van der Waals surface area contributed by atoms with Crippen molar-refractivity contribution in [2.24, 2.45) is 5.92 Å². The lowest BCUT2D eigenvalue weighted by molar-refractivity contribution is 0.422. The minimum Gasteiger partial charge on any atom is -0.118 e. The second-order valence-electron chi connectivity index (χ2n) is 5.23. The van der Waals surface area contributed by atoms with Crippen LogP contribution in [0.15, 0.2) is 27.1 Å². The average molecular weight is 395 g/mol. The lowest BCUT2D eigenvalue weighted by atomic mass is 9.92. The van der Waals surface area contributed by atoms with Crippen LogP contribution in [0.3, 0.4) is 0 Å². The molecule has 1 unspecified atom stereocenters. The summed E-state index contributed by atoms with van der Waals surface area (Å²) >= 11 is 13.7. The van der Waals surface area contributed by atoms with Gasteiger partial charge in [-0.1, -0.05) is 70.4 Å². The van der Waals surface area contributed by atoms with Gasteiger partial charge in [-0.3, -0.25) is 0 Å². The molecule has 0 spiro atoms. The van der Waals surface area contributed by atoms with Gasteiger partial charge in [0, 0.05) is 8.95 Å². The van der Waals surface area contributed by atoms with Crippen molar-refractivity contribution in [2.75, 3.05) is 0 Å². The Morgan fingerprint density at radius 1 is 1.11 bits per heavy atom. The number of benzene rings is 1. The van der Waals surface area contributed by atoms with E-state index in [1.54, 1.807) is 0 Å². The Morgan fingerprint density at radius 3 is 2.44 bits per heavy atom. The SMILES string of the molecule is ClC(CC1CCCCCC1)c1cc(Br)ccc1Br. The fourth-order valence-corrected chi connectivity index (χ4v) is 4.24. The highest BCUT2D eigenvalue weighted by Gasteiger charge is 2.19. The molecule has 0 nitrogen and oxygen atoms in total. The maximum atomic E-state index is 6.62. The molecule has 0 saturated heterocycles. The second-order valence-corrected chi connectivity index (χ2v) is 7.52. The maximum absolute atomic E-state index is 6.62. The van der Waals surface area contributed by atoms with Crippen LogP contribution in [0.2, 0.25) is 0 Å². The zero-order valence-electron chi connectivity index (χ0n) is 10.5. The first kappa shape index (κ1) is 14.9. The number of hydrogen-bond acceptors (Lipinski definition) is 0. The van der Waals surface area contributed by atoms with Gasteiger partial charge in [-0.2, -0.15) is 0 Å². The molecule has 3 heteroatoms. The fraction of sp³-hybridized carbons (Fsp3) is 0.600. The first-order valence-corrected chi connectivity index (χ1v) is 8.78. The third-order valence-corrected chi connectivity index (χ3v) is 5.44. The van der Waals surface area contributed by atoms with E-state index in [9.17, 15) is 0 Å². The van der Waals surface area contributed by atoms with E-state index in [1.807, 2.05) is 6.07 Å². The van der Waals surface area contributed by atoms with Crippen LogP contribution in [0.25, 0.3) is 0 Å². The zero-order chi connectivity index (χ0) is 13.0. The van der Waals surface area contributed by atoms with E-state index >= 15 is 0 Å². The van der Waals surface area contributed by atoms with Crippen molar-refractivity contribution in [1.29, 1.82) is 0 Å². The van der Waals surface area contributed by atoms with Crippen molar-refractivity contribution < 1.29 is 0 Å². The molecule has 1 aliphatic rings. The molecule has 0 aliphatic heterocycles. The molecule has 1 fully saturated rings. The van der Waals surface area contributed by atoms with Crippen molar-refractivity contribution in [1.82, 2.24) is 0 Å². The van der Waals surface area contributed by atoms with Gasteiger partial charge in [-0.25, -0.2) is 0 Å². The predicted octanol–water partition coefficient (Wildman–Crippen LogP) is 6.85. The van der Waals surface area contributed by atoms with Crippen LogP contribution in [-0.4, -0.2) is 0 Å². The number of hydrogen-bond donors (Lipinski definition) is 0. The molecule has 1 atom stereocenters. The summed E-state index contributed by atoms with van der Waals surface area (Å²) in [5.41, 5.74) is 1.22. The number of rotatable bonds is 3. The van der Waals surface area contributed by atoms with Crippen LogP contribution in [0.5, 0.6) is 0 Å². The Balaban J connectivity index is 2.01. The molecule has 2 rings (SSSR count). The summed E-state index contributed by atoms with van der Waals surface area (Å²) in [7, 11) is 0. The summed E-state index contributed by atoms with van der Waals surface area (Å²) in [5, 5.41) is 0.125. The molecule has 0 N–H and O–H groups in total. The molecule has 0 bridgehead atoms. The number of halogens is 3. The minimum atomic E-state index is 0.125. The average Bonchev–Trinajstić information content (AvgIpc) is 2.61. The smallest absolute Gasteiger partial charge is 0.0599 e. The minimum absolute atomic E-state index is 0.125. The van der Waals surface area contributed by atoms with E-state index in [2.05, 4.69) is 44.0 Å². The van der Waals surface area contributed by atoms with E-state index in [-0.39, 0.29) is 5.38 Å². The van der Waals surface area contributed by atoms with E-state index in [0.29, 0.717) is 0 Å². The van der Waals surface area contributed by atoms with E-state index < -0.39 is 0 Å². The topological polar surface area (TPSA) is 0 Å². The Hall–Kier alpha value is 0.470. The molecule has 100 valence electrons. The summed E-state index contributed by atoms with van der Waals surface area (Å²) in [5.74, 6) is 0.806. The molecular formula is C15H19Br2Cl. The molecule has 0 aromatic heterocycles. The summed E-state index contributed by atoms with van der Waals surface area (Å²) in [6.45, 7) is 0. The van der Waals surface area contributed by atoms with Crippen molar-refractivity contribution in [2.45, 2.75) is 50.3 Å². The Kier molecular flexibility index (Phi) is 6.03. The van der Waals surface area contributed by atoms with Gasteiger partial charge in [-0.15, -0.1) is 11.6 Å². The Labute approximate surface area is 132 Å². The van der Waals surface area contributed by atoms with Crippen LogP contribution >= 0.6 is 43.5 Å². The normalized spacial score (nSPS) is 19.5. The van der Waals surface area contributed by atoms with Crippen molar-refractivity contribution >= 4 is 43.5 Å². The van der Waals surface area contributed by atoms with Gasteiger partial charge in [0.25, 0.3) is 0 Å². The van der Waals surface area contributed by atoms with Gasteiger partial charge in [0.05, 0.1) is 5.38 Å². The molecule has 1 saturated carbocycles. The number of alkyl halides is 1. The monoisotopic (exact) mass is 392 g/mol. The van der Waals surface area contributed by atoms with Crippen LogP contribution < -0.4 is 0 Å². The van der Waals surface area contributed by atoms with Crippen LogP contribution in [0.4, 0.5) is 0 Å². The van der Waals surface area contributed by atoms with Crippen molar-refractivity contribution in [3.63, 3.8) is 0 Å². The molecule has 1 aliphatic carbocycles. The van der Waals surface area contributed by atoms with Crippen LogP contribution in [0.1, 0.15) is 55.9 Å². The predicted molar refractivity (Wildman–Crippen MR) is 86.2 cm³/mol. The molecule has 0 radical (unpaired) electrons. The molecule has 0 heterocycles. The highest BCUT2D eigenvalue weighted by atomic mass is 79.9. The lowest BCUT2D eigenvalue weighted by Gasteiger charge is -2.19. The third kappa shape index (κ3) is 4.25. The molecule has 1 aromatic rings. The molecule has 1 aromatic carbocycles. The molecular weight excluding hydrogens is 375 g/mol. The zero-order valence-corrected chi connectivity index (χ0v) is 14.4. The summed E-state index contributed by atoms with van der Waals surface area (Å²) < 4.78 is 2.23. The standard InChI is InChI=1S/C15H19Br2Cl/c16-12-7-8-14(17)13(10-12)15(18)9-11-5-3-1-2-4-6-11/h7-8,10-11,15H,1-6,9H2. The molecule has 0 amide bonds. The third-order valence-electron chi connectivity index (χ3n) is 3.81. The first-order valence-electron chi connectivity index (χ1n) is 6.76. The lowest BCUT2D eigenvalue weighted by Crippen LogP contribution is -2.04. The highest BCUT2D eigenvalue weighted by Crippen LogP contribution is 2.38. The fourth-order valence-electron chi connectivity index (χ4n) is 2.77. The highest BCUT2D eigenvalue weighted by molar-refractivity contribution is 9.11. The van der Waals surface area contributed by atoms with E-state index in [1.165, 1.54) is 44.1 Å².